The Morgan fingerprint density at radius 3 is 2.95 bits per heavy atom. The zero-order valence-corrected chi connectivity index (χ0v) is 12.6. The molecule has 0 unspecified atom stereocenters. The summed E-state index contributed by atoms with van der Waals surface area (Å²) in [6.07, 6.45) is 3.95. The minimum Gasteiger partial charge on any atom is -0.456 e. The van der Waals surface area contributed by atoms with Crippen LogP contribution in [0.25, 0.3) is 0 Å². The first-order chi connectivity index (χ1) is 8.95. The maximum absolute atomic E-state index is 11.9. The van der Waals surface area contributed by atoms with Gasteiger partial charge in [-0.05, 0) is 38.3 Å². The molecule has 1 aromatic heterocycles. The van der Waals surface area contributed by atoms with Crippen molar-refractivity contribution < 1.29 is 9.53 Å². The van der Waals surface area contributed by atoms with Gasteiger partial charge in [0.2, 0.25) is 0 Å². The van der Waals surface area contributed by atoms with Crippen molar-refractivity contribution in [3.63, 3.8) is 0 Å². The first-order valence-electron chi connectivity index (χ1n) is 6.57. The highest BCUT2D eigenvalue weighted by atomic mass is 32.1. The van der Waals surface area contributed by atoms with Crippen LogP contribution in [0.3, 0.4) is 0 Å². The fraction of sp³-hybridized carbons (Fsp3) is 0.533. The molecule has 1 atom stereocenters. The Morgan fingerprint density at radius 2 is 2.32 bits per heavy atom. The lowest BCUT2D eigenvalue weighted by Crippen LogP contribution is -2.39. The molecule has 3 nitrogen and oxygen atoms in total. The third-order valence-corrected chi connectivity index (χ3v) is 3.84. The van der Waals surface area contributed by atoms with Crippen LogP contribution in [0.4, 0.5) is 0 Å². The summed E-state index contributed by atoms with van der Waals surface area (Å²) in [5.41, 5.74) is -0.441. The van der Waals surface area contributed by atoms with E-state index in [2.05, 4.69) is 28.5 Å². The molecule has 0 fully saturated rings. The Balaban J connectivity index is 1.89. The lowest BCUT2D eigenvalue weighted by molar-refractivity contribution is -0.157. The van der Waals surface area contributed by atoms with Crippen molar-refractivity contribution in [1.29, 1.82) is 0 Å². The molecule has 0 amide bonds. The van der Waals surface area contributed by atoms with Gasteiger partial charge in [-0.15, -0.1) is 11.3 Å². The number of hydrogen-bond acceptors (Lipinski definition) is 4. The molecule has 19 heavy (non-hydrogen) atoms. The van der Waals surface area contributed by atoms with Gasteiger partial charge in [0, 0.05) is 24.5 Å². The molecule has 0 saturated heterocycles. The molecule has 104 valence electrons. The summed E-state index contributed by atoms with van der Waals surface area (Å²) in [7, 11) is 0. The summed E-state index contributed by atoms with van der Waals surface area (Å²) < 4.78 is 5.54. The molecule has 0 aromatic carbocycles. The molecular weight excluding hydrogens is 258 g/mol. The Kier molecular flexibility index (Phi) is 4.42. The molecule has 0 N–H and O–H groups in total. The summed E-state index contributed by atoms with van der Waals surface area (Å²) in [6, 6.07) is 4.20. The van der Waals surface area contributed by atoms with Crippen LogP contribution in [0.2, 0.25) is 0 Å². The Bertz CT molecular complexity index is 445. The molecule has 2 heterocycles. The molecule has 0 aliphatic carbocycles. The summed E-state index contributed by atoms with van der Waals surface area (Å²) in [5, 5.41) is 2.09. The highest BCUT2D eigenvalue weighted by Crippen LogP contribution is 2.19. The van der Waals surface area contributed by atoms with E-state index in [0.717, 1.165) is 19.6 Å². The van der Waals surface area contributed by atoms with E-state index in [9.17, 15) is 4.79 Å². The van der Waals surface area contributed by atoms with Crippen molar-refractivity contribution in [2.75, 3.05) is 13.1 Å². The van der Waals surface area contributed by atoms with Gasteiger partial charge < -0.3 is 4.74 Å². The Morgan fingerprint density at radius 1 is 1.53 bits per heavy atom. The average molecular weight is 279 g/mol. The quantitative estimate of drug-likeness (QED) is 0.629. The maximum Gasteiger partial charge on any atom is 0.311 e. The number of nitrogens with zero attached hydrogens (tertiary/aromatic N) is 1. The lowest BCUT2D eigenvalue weighted by Gasteiger charge is -2.29. The lowest BCUT2D eigenvalue weighted by atomic mass is 9.97. The van der Waals surface area contributed by atoms with E-state index in [1.165, 1.54) is 4.88 Å². The van der Waals surface area contributed by atoms with Gasteiger partial charge in [0.1, 0.15) is 6.10 Å². The molecule has 0 saturated carbocycles. The van der Waals surface area contributed by atoms with Crippen LogP contribution in [0.5, 0.6) is 0 Å². The van der Waals surface area contributed by atoms with Crippen LogP contribution >= 0.6 is 11.3 Å². The zero-order chi connectivity index (χ0) is 13.9. The fourth-order valence-electron chi connectivity index (χ4n) is 1.89. The predicted molar refractivity (Wildman–Crippen MR) is 78.1 cm³/mol. The topological polar surface area (TPSA) is 29.5 Å². The second kappa shape index (κ2) is 5.88. The van der Waals surface area contributed by atoms with Gasteiger partial charge in [-0.2, -0.15) is 0 Å². The standard InChI is InChI=1S/C15H21NO2S/c1-15(2,3)14(17)18-12-6-4-8-16(10-12)11-13-7-5-9-19-13/h4-7,9,12H,8,10-11H2,1-3H3/t12-/m1/s1. The van der Waals surface area contributed by atoms with Gasteiger partial charge in [-0.1, -0.05) is 12.1 Å². The van der Waals surface area contributed by atoms with E-state index in [1.807, 2.05) is 26.8 Å². The molecule has 1 aromatic rings. The van der Waals surface area contributed by atoms with Gasteiger partial charge in [-0.3, -0.25) is 9.69 Å². The average Bonchev–Trinajstić information content (AvgIpc) is 2.81. The first-order valence-corrected chi connectivity index (χ1v) is 7.45. The highest BCUT2D eigenvalue weighted by Gasteiger charge is 2.27. The molecule has 0 spiro atoms. The molecule has 0 radical (unpaired) electrons. The predicted octanol–water partition coefficient (Wildman–Crippen LogP) is 3.08. The largest absolute Gasteiger partial charge is 0.456 e. The SMILES string of the molecule is CC(C)(C)C(=O)O[C@@H]1C=CCN(Cc2cccs2)C1. The first kappa shape index (κ1) is 14.3. The summed E-state index contributed by atoms with van der Waals surface area (Å²) in [5.74, 6) is -0.139. The van der Waals surface area contributed by atoms with Gasteiger partial charge >= 0.3 is 5.97 Å². The number of ether oxygens (including phenoxy) is 1. The van der Waals surface area contributed by atoms with Crippen molar-refractivity contribution in [3.8, 4) is 0 Å². The van der Waals surface area contributed by atoms with Crippen LogP contribution in [0.15, 0.2) is 29.7 Å². The van der Waals surface area contributed by atoms with Gasteiger partial charge in [-0.25, -0.2) is 0 Å². The van der Waals surface area contributed by atoms with Crippen LogP contribution in [0, 0.1) is 5.41 Å². The molecular formula is C15H21NO2S. The van der Waals surface area contributed by atoms with Crippen molar-refractivity contribution in [2.45, 2.75) is 33.4 Å². The van der Waals surface area contributed by atoms with E-state index in [4.69, 9.17) is 4.74 Å². The highest BCUT2D eigenvalue weighted by molar-refractivity contribution is 7.09. The number of hydrogen-bond donors (Lipinski definition) is 0. The van der Waals surface area contributed by atoms with Gasteiger partial charge in [0.05, 0.1) is 5.41 Å². The minimum atomic E-state index is -0.441. The van der Waals surface area contributed by atoms with E-state index in [1.54, 1.807) is 11.3 Å². The van der Waals surface area contributed by atoms with E-state index in [-0.39, 0.29) is 12.1 Å². The molecule has 1 aliphatic rings. The van der Waals surface area contributed by atoms with Crippen molar-refractivity contribution in [3.05, 3.63) is 34.5 Å². The van der Waals surface area contributed by atoms with Crippen LogP contribution in [0.1, 0.15) is 25.6 Å². The number of esters is 1. The summed E-state index contributed by atoms with van der Waals surface area (Å²) in [6.45, 7) is 8.26. The number of carbonyl (C=O) groups excluding carboxylic acids is 1. The van der Waals surface area contributed by atoms with E-state index >= 15 is 0 Å². The third kappa shape index (κ3) is 4.18. The van der Waals surface area contributed by atoms with E-state index < -0.39 is 5.41 Å². The van der Waals surface area contributed by atoms with Crippen LogP contribution < -0.4 is 0 Å². The normalized spacial score (nSPS) is 20.5. The molecule has 1 aliphatic heterocycles. The Hall–Kier alpha value is -1.13. The zero-order valence-electron chi connectivity index (χ0n) is 11.8. The maximum atomic E-state index is 11.9. The third-order valence-electron chi connectivity index (χ3n) is 2.98. The second-order valence-corrected chi connectivity index (χ2v) is 6.93. The van der Waals surface area contributed by atoms with Crippen LogP contribution in [-0.4, -0.2) is 30.1 Å². The number of carbonyl (C=O) groups is 1. The number of rotatable bonds is 3. The fourth-order valence-corrected chi connectivity index (χ4v) is 2.64. The van der Waals surface area contributed by atoms with Crippen molar-refractivity contribution in [1.82, 2.24) is 4.90 Å². The van der Waals surface area contributed by atoms with Gasteiger partial charge in [0.15, 0.2) is 0 Å². The van der Waals surface area contributed by atoms with Gasteiger partial charge in [0.25, 0.3) is 0 Å². The number of thiophene rings is 1. The van der Waals surface area contributed by atoms with Crippen molar-refractivity contribution in [2.24, 2.45) is 5.41 Å². The molecule has 4 heteroatoms. The summed E-state index contributed by atoms with van der Waals surface area (Å²) >= 11 is 1.76. The summed E-state index contributed by atoms with van der Waals surface area (Å²) in [4.78, 5) is 15.5. The molecule has 0 bridgehead atoms. The Labute approximate surface area is 118 Å². The molecule has 2 rings (SSSR count). The second-order valence-electron chi connectivity index (χ2n) is 5.90. The minimum absolute atomic E-state index is 0.125. The monoisotopic (exact) mass is 279 g/mol. The van der Waals surface area contributed by atoms with Crippen molar-refractivity contribution >= 4 is 17.3 Å². The smallest absolute Gasteiger partial charge is 0.311 e. The van der Waals surface area contributed by atoms with E-state index in [0.29, 0.717) is 0 Å². The van der Waals surface area contributed by atoms with Crippen LogP contribution in [-0.2, 0) is 16.1 Å².